The minimum Gasteiger partial charge on any atom is -0.481 e. The van der Waals surface area contributed by atoms with Crippen molar-refractivity contribution in [1.82, 2.24) is 24.8 Å². The van der Waals surface area contributed by atoms with E-state index in [-0.39, 0.29) is 0 Å². The Kier molecular flexibility index (Phi) is 2.60. The molecule has 0 radical (unpaired) electrons. The largest absolute Gasteiger partial charge is 0.481 e. The molecule has 18 heavy (non-hydrogen) atoms. The molecule has 3 aromatic heterocycles. The molecule has 3 heterocycles. The summed E-state index contributed by atoms with van der Waals surface area (Å²) < 4.78 is 6.74. The average Bonchev–Trinajstić information content (AvgIpc) is 2.83. The molecule has 0 spiro atoms. The number of aromatic nitrogens is 5. The molecule has 0 aliphatic rings. The number of ether oxygens (including phenoxy) is 1. The van der Waals surface area contributed by atoms with Crippen LogP contribution in [0.4, 0.5) is 0 Å². The zero-order valence-corrected chi connectivity index (χ0v) is 9.82. The SMILES string of the molecule is COc1ccc(Cc2nnc3cccnn23)cn1. The van der Waals surface area contributed by atoms with Crippen molar-refractivity contribution in [3.05, 3.63) is 48.0 Å². The van der Waals surface area contributed by atoms with Crippen LogP contribution in [0.15, 0.2) is 36.7 Å². The molecule has 0 amide bonds. The fourth-order valence-electron chi connectivity index (χ4n) is 1.72. The number of methoxy groups -OCH3 is 1. The summed E-state index contributed by atoms with van der Waals surface area (Å²) in [6.07, 6.45) is 4.12. The molecule has 90 valence electrons. The highest BCUT2D eigenvalue weighted by molar-refractivity contribution is 5.35. The molecule has 3 rings (SSSR count). The number of fused-ring (bicyclic) bond motifs is 1. The maximum Gasteiger partial charge on any atom is 0.212 e. The third kappa shape index (κ3) is 1.88. The van der Waals surface area contributed by atoms with Crippen LogP contribution < -0.4 is 4.74 Å². The van der Waals surface area contributed by atoms with Gasteiger partial charge in [0.25, 0.3) is 0 Å². The third-order valence-corrected chi connectivity index (χ3v) is 2.61. The Labute approximate surface area is 103 Å². The molecule has 0 saturated carbocycles. The molecule has 3 aromatic rings. The van der Waals surface area contributed by atoms with Crippen LogP contribution in [0.3, 0.4) is 0 Å². The van der Waals surface area contributed by atoms with Crippen LogP contribution in [0.25, 0.3) is 5.65 Å². The Morgan fingerprint density at radius 3 is 2.94 bits per heavy atom. The van der Waals surface area contributed by atoms with E-state index in [2.05, 4.69) is 20.3 Å². The molecule has 0 aliphatic carbocycles. The van der Waals surface area contributed by atoms with Crippen molar-refractivity contribution in [2.24, 2.45) is 0 Å². The van der Waals surface area contributed by atoms with Gasteiger partial charge in [-0.25, -0.2) is 4.98 Å². The normalized spacial score (nSPS) is 10.7. The van der Waals surface area contributed by atoms with E-state index in [4.69, 9.17) is 4.74 Å². The standard InChI is InChI=1S/C12H11N5O/c1-18-12-5-4-9(8-13-12)7-11-16-15-10-3-2-6-14-17(10)11/h2-6,8H,7H2,1H3. The van der Waals surface area contributed by atoms with Crippen LogP contribution >= 0.6 is 0 Å². The smallest absolute Gasteiger partial charge is 0.212 e. The second-order valence-corrected chi connectivity index (χ2v) is 3.80. The number of nitrogens with zero attached hydrogens (tertiary/aromatic N) is 5. The molecular weight excluding hydrogens is 230 g/mol. The lowest BCUT2D eigenvalue weighted by atomic mass is 10.2. The van der Waals surface area contributed by atoms with Crippen LogP contribution in [0.5, 0.6) is 5.88 Å². The van der Waals surface area contributed by atoms with E-state index in [0.717, 1.165) is 17.0 Å². The van der Waals surface area contributed by atoms with E-state index >= 15 is 0 Å². The molecule has 0 bridgehead atoms. The fourth-order valence-corrected chi connectivity index (χ4v) is 1.72. The summed E-state index contributed by atoms with van der Waals surface area (Å²) in [6.45, 7) is 0. The molecule has 0 atom stereocenters. The predicted octanol–water partition coefficient (Wildman–Crippen LogP) is 1.12. The van der Waals surface area contributed by atoms with Gasteiger partial charge in [-0.15, -0.1) is 10.2 Å². The second kappa shape index (κ2) is 4.40. The first kappa shape index (κ1) is 10.6. The van der Waals surface area contributed by atoms with Crippen molar-refractivity contribution in [3.63, 3.8) is 0 Å². The molecular formula is C12H11N5O. The Balaban J connectivity index is 1.91. The third-order valence-electron chi connectivity index (χ3n) is 2.61. The van der Waals surface area contributed by atoms with Crippen LogP contribution in [-0.4, -0.2) is 31.9 Å². The fraction of sp³-hybridized carbons (Fsp3) is 0.167. The van der Waals surface area contributed by atoms with Crippen molar-refractivity contribution in [1.29, 1.82) is 0 Å². The Bertz CT molecular complexity index is 662. The maximum absolute atomic E-state index is 5.02. The highest BCUT2D eigenvalue weighted by Gasteiger charge is 2.07. The van der Waals surface area contributed by atoms with Crippen molar-refractivity contribution in [2.75, 3.05) is 7.11 Å². The van der Waals surface area contributed by atoms with E-state index < -0.39 is 0 Å². The zero-order valence-electron chi connectivity index (χ0n) is 9.82. The quantitative estimate of drug-likeness (QED) is 0.687. The molecule has 0 saturated heterocycles. The number of pyridine rings is 1. The van der Waals surface area contributed by atoms with E-state index in [0.29, 0.717) is 12.3 Å². The lowest BCUT2D eigenvalue weighted by Crippen LogP contribution is -2.00. The van der Waals surface area contributed by atoms with Crippen LogP contribution in [-0.2, 0) is 6.42 Å². The van der Waals surface area contributed by atoms with Gasteiger partial charge in [-0.1, -0.05) is 6.07 Å². The molecule has 6 heteroatoms. The van der Waals surface area contributed by atoms with E-state index in [1.807, 2.05) is 24.3 Å². The summed E-state index contributed by atoms with van der Waals surface area (Å²) in [4.78, 5) is 4.16. The lowest BCUT2D eigenvalue weighted by Gasteiger charge is -2.01. The van der Waals surface area contributed by atoms with Gasteiger partial charge in [0.15, 0.2) is 11.5 Å². The topological polar surface area (TPSA) is 65.2 Å². The van der Waals surface area contributed by atoms with Crippen LogP contribution in [0.2, 0.25) is 0 Å². The van der Waals surface area contributed by atoms with E-state index in [9.17, 15) is 0 Å². The van der Waals surface area contributed by atoms with Gasteiger partial charge in [0.2, 0.25) is 5.88 Å². The Morgan fingerprint density at radius 1 is 1.22 bits per heavy atom. The highest BCUT2D eigenvalue weighted by Crippen LogP contribution is 2.11. The monoisotopic (exact) mass is 241 g/mol. The number of hydrogen-bond donors (Lipinski definition) is 0. The summed E-state index contributed by atoms with van der Waals surface area (Å²) in [6, 6.07) is 7.49. The van der Waals surface area contributed by atoms with Gasteiger partial charge >= 0.3 is 0 Å². The first-order chi connectivity index (χ1) is 8.86. The van der Waals surface area contributed by atoms with Gasteiger partial charge in [0.05, 0.1) is 7.11 Å². The van der Waals surface area contributed by atoms with Gasteiger partial charge in [0.1, 0.15) is 0 Å². The summed E-state index contributed by atoms with van der Waals surface area (Å²) in [5.41, 5.74) is 1.78. The summed E-state index contributed by atoms with van der Waals surface area (Å²) in [5.74, 6) is 1.39. The van der Waals surface area contributed by atoms with Gasteiger partial charge < -0.3 is 4.74 Å². The summed E-state index contributed by atoms with van der Waals surface area (Å²) in [5, 5.41) is 12.4. The van der Waals surface area contributed by atoms with Gasteiger partial charge in [0, 0.05) is 24.9 Å². The Hall–Kier alpha value is -2.50. The first-order valence-electron chi connectivity index (χ1n) is 5.51. The summed E-state index contributed by atoms with van der Waals surface area (Å²) in [7, 11) is 1.60. The second-order valence-electron chi connectivity index (χ2n) is 3.80. The van der Waals surface area contributed by atoms with E-state index in [1.54, 1.807) is 24.0 Å². The maximum atomic E-state index is 5.02. The molecule has 0 aromatic carbocycles. The first-order valence-corrected chi connectivity index (χ1v) is 5.51. The molecule has 0 fully saturated rings. The highest BCUT2D eigenvalue weighted by atomic mass is 16.5. The predicted molar refractivity (Wildman–Crippen MR) is 64.4 cm³/mol. The Morgan fingerprint density at radius 2 is 2.17 bits per heavy atom. The number of rotatable bonds is 3. The molecule has 0 aliphatic heterocycles. The van der Waals surface area contributed by atoms with Gasteiger partial charge in [-0.05, 0) is 17.7 Å². The molecule has 0 unspecified atom stereocenters. The molecule has 6 nitrogen and oxygen atoms in total. The zero-order chi connectivity index (χ0) is 12.4. The van der Waals surface area contributed by atoms with E-state index in [1.165, 1.54) is 0 Å². The van der Waals surface area contributed by atoms with Crippen LogP contribution in [0, 0.1) is 0 Å². The molecule has 0 N–H and O–H groups in total. The lowest BCUT2D eigenvalue weighted by molar-refractivity contribution is 0.397. The van der Waals surface area contributed by atoms with Gasteiger partial charge in [-0.3, -0.25) is 0 Å². The number of hydrogen-bond acceptors (Lipinski definition) is 5. The van der Waals surface area contributed by atoms with Crippen LogP contribution in [0.1, 0.15) is 11.4 Å². The van der Waals surface area contributed by atoms with Crippen molar-refractivity contribution >= 4 is 5.65 Å². The minimum absolute atomic E-state index is 0.600. The van der Waals surface area contributed by atoms with Crippen molar-refractivity contribution in [2.45, 2.75) is 6.42 Å². The summed E-state index contributed by atoms with van der Waals surface area (Å²) >= 11 is 0. The average molecular weight is 241 g/mol. The van der Waals surface area contributed by atoms with Crippen molar-refractivity contribution < 1.29 is 4.74 Å². The van der Waals surface area contributed by atoms with Crippen molar-refractivity contribution in [3.8, 4) is 5.88 Å². The minimum atomic E-state index is 0.600. The van der Waals surface area contributed by atoms with Gasteiger partial charge in [-0.2, -0.15) is 9.61 Å².